The molecule has 1 N–H and O–H groups in total. The third-order valence-electron chi connectivity index (χ3n) is 4.84. The molecule has 1 saturated heterocycles. The van der Waals surface area contributed by atoms with Crippen molar-refractivity contribution in [1.29, 1.82) is 0 Å². The smallest absolute Gasteiger partial charge is 0.128 e. The highest BCUT2D eigenvalue weighted by molar-refractivity contribution is 5.39. The Bertz CT molecular complexity index is 648. The molecule has 3 heterocycles. The topological polar surface area (TPSA) is 49.2 Å². The molecule has 0 saturated carbocycles. The zero-order chi connectivity index (χ0) is 17.1. The monoisotopic (exact) mass is 328 g/mol. The van der Waals surface area contributed by atoms with Gasteiger partial charge >= 0.3 is 0 Å². The third kappa shape index (κ3) is 3.60. The van der Waals surface area contributed by atoms with Crippen molar-refractivity contribution in [3.8, 4) is 0 Å². The lowest BCUT2D eigenvalue weighted by Gasteiger charge is -2.35. The zero-order valence-corrected chi connectivity index (χ0v) is 15.1. The summed E-state index contributed by atoms with van der Waals surface area (Å²) in [5, 5.41) is 3.49. The summed E-state index contributed by atoms with van der Waals surface area (Å²) in [6.45, 7) is 8.22. The molecule has 1 fully saturated rings. The van der Waals surface area contributed by atoms with E-state index in [1.54, 1.807) is 0 Å². The predicted molar refractivity (Wildman–Crippen MR) is 97.0 cm³/mol. The molecule has 1 unspecified atom stereocenters. The van der Waals surface area contributed by atoms with Gasteiger partial charge in [-0.25, -0.2) is 9.97 Å². The summed E-state index contributed by atoms with van der Waals surface area (Å²) >= 11 is 0. The molecule has 2 aromatic heterocycles. The van der Waals surface area contributed by atoms with Crippen LogP contribution in [0.25, 0.3) is 0 Å². The summed E-state index contributed by atoms with van der Waals surface area (Å²) in [5.41, 5.74) is 1.25. The molecule has 24 heavy (non-hydrogen) atoms. The lowest BCUT2D eigenvalue weighted by molar-refractivity contribution is 0.144. The Labute approximate surface area is 144 Å². The van der Waals surface area contributed by atoms with E-state index in [1.165, 1.54) is 5.56 Å². The van der Waals surface area contributed by atoms with Crippen LogP contribution in [0, 0.1) is 0 Å². The van der Waals surface area contributed by atoms with Gasteiger partial charge in [0.1, 0.15) is 11.6 Å². The first-order chi connectivity index (χ1) is 11.6. The van der Waals surface area contributed by atoms with Crippen molar-refractivity contribution in [3.05, 3.63) is 42.1 Å². The maximum absolute atomic E-state index is 4.63. The Hall–Kier alpha value is -1.92. The lowest BCUT2D eigenvalue weighted by Crippen LogP contribution is -2.46. The van der Waals surface area contributed by atoms with E-state index >= 15 is 0 Å². The number of pyridine rings is 1. The minimum absolute atomic E-state index is 0.303. The van der Waals surface area contributed by atoms with Crippen LogP contribution in [0.2, 0.25) is 0 Å². The van der Waals surface area contributed by atoms with E-state index in [2.05, 4.69) is 69.7 Å². The zero-order valence-electron chi connectivity index (χ0n) is 15.1. The van der Waals surface area contributed by atoms with E-state index in [4.69, 9.17) is 0 Å². The van der Waals surface area contributed by atoms with Crippen LogP contribution in [0.4, 0.5) is 5.82 Å². The van der Waals surface area contributed by atoms with Gasteiger partial charge in [0.25, 0.3) is 0 Å². The average molecular weight is 328 g/mol. The van der Waals surface area contributed by atoms with Gasteiger partial charge in [0, 0.05) is 64.9 Å². The molecule has 130 valence electrons. The first-order valence-electron chi connectivity index (χ1n) is 8.66. The number of hydrogen-bond donors (Lipinski definition) is 1. The van der Waals surface area contributed by atoms with Gasteiger partial charge in [-0.2, -0.15) is 0 Å². The van der Waals surface area contributed by atoms with E-state index in [1.807, 2.05) is 18.6 Å². The first kappa shape index (κ1) is 16.9. The van der Waals surface area contributed by atoms with Crippen molar-refractivity contribution in [2.24, 2.45) is 7.05 Å². The van der Waals surface area contributed by atoms with E-state index in [9.17, 15) is 0 Å². The van der Waals surface area contributed by atoms with Crippen LogP contribution in [0.15, 0.2) is 30.7 Å². The molecule has 0 amide bonds. The van der Waals surface area contributed by atoms with Gasteiger partial charge in [0.15, 0.2) is 0 Å². The van der Waals surface area contributed by atoms with E-state index in [0.29, 0.717) is 12.1 Å². The number of aryl methyl sites for hydroxylation is 1. The summed E-state index contributed by atoms with van der Waals surface area (Å²) in [4.78, 5) is 13.9. The summed E-state index contributed by atoms with van der Waals surface area (Å²) in [7, 11) is 4.15. The maximum Gasteiger partial charge on any atom is 0.128 e. The maximum atomic E-state index is 4.63. The highest BCUT2D eigenvalue weighted by Crippen LogP contribution is 2.23. The third-order valence-corrected chi connectivity index (χ3v) is 4.84. The Kier molecular flexibility index (Phi) is 5.16. The van der Waals surface area contributed by atoms with Crippen molar-refractivity contribution in [2.75, 3.05) is 31.6 Å². The van der Waals surface area contributed by atoms with Crippen molar-refractivity contribution >= 4 is 5.82 Å². The van der Waals surface area contributed by atoms with Crippen LogP contribution in [-0.2, 0) is 13.6 Å². The van der Waals surface area contributed by atoms with Gasteiger partial charge in [0.05, 0.1) is 6.04 Å². The Morgan fingerprint density at radius 3 is 2.79 bits per heavy atom. The minimum atomic E-state index is 0.303. The van der Waals surface area contributed by atoms with E-state index < -0.39 is 0 Å². The SMILES string of the molecule is CC(C)N(C)c1ccc(CN2CCNCC2c2nccn2C)cn1. The molecule has 6 nitrogen and oxygen atoms in total. The van der Waals surface area contributed by atoms with Gasteiger partial charge in [0.2, 0.25) is 0 Å². The van der Waals surface area contributed by atoms with Crippen molar-refractivity contribution in [1.82, 2.24) is 24.8 Å². The Morgan fingerprint density at radius 2 is 2.17 bits per heavy atom. The number of rotatable bonds is 5. The van der Waals surface area contributed by atoms with Crippen LogP contribution in [-0.4, -0.2) is 52.2 Å². The van der Waals surface area contributed by atoms with Gasteiger partial charge in [-0.05, 0) is 25.5 Å². The van der Waals surface area contributed by atoms with E-state index in [0.717, 1.165) is 37.8 Å². The average Bonchev–Trinajstić information content (AvgIpc) is 3.01. The molecule has 0 bridgehead atoms. The number of aromatic nitrogens is 3. The molecule has 3 rings (SSSR count). The molecule has 1 atom stereocenters. The van der Waals surface area contributed by atoms with Crippen molar-refractivity contribution < 1.29 is 0 Å². The second-order valence-corrected chi connectivity index (χ2v) is 6.82. The van der Waals surface area contributed by atoms with Gasteiger partial charge in [-0.1, -0.05) is 6.07 Å². The summed E-state index contributed by atoms with van der Waals surface area (Å²) < 4.78 is 2.11. The number of piperazine rings is 1. The fourth-order valence-electron chi connectivity index (χ4n) is 3.11. The van der Waals surface area contributed by atoms with E-state index in [-0.39, 0.29) is 0 Å². The highest BCUT2D eigenvalue weighted by atomic mass is 15.3. The number of imidazole rings is 1. The van der Waals surface area contributed by atoms with Crippen molar-refractivity contribution in [3.63, 3.8) is 0 Å². The van der Waals surface area contributed by atoms with Gasteiger partial charge in [-0.15, -0.1) is 0 Å². The molecule has 2 aromatic rings. The Balaban J connectivity index is 1.73. The summed E-state index contributed by atoms with van der Waals surface area (Å²) in [5.74, 6) is 2.14. The van der Waals surface area contributed by atoms with Crippen LogP contribution in [0.3, 0.4) is 0 Å². The van der Waals surface area contributed by atoms with Crippen LogP contribution < -0.4 is 10.2 Å². The molecule has 1 aliphatic heterocycles. The molecular formula is C18H28N6. The minimum Gasteiger partial charge on any atom is -0.357 e. The second-order valence-electron chi connectivity index (χ2n) is 6.82. The molecule has 0 spiro atoms. The molecule has 0 radical (unpaired) electrons. The number of hydrogen-bond acceptors (Lipinski definition) is 5. The number of nitrogens with zero attached hydrogens (tertiary/aromatic N) is 5. The molecule has 1 aliphatic rings. The second kappa shape index (κ2) is 7.32. The standard InChI is InChI=1S/C18H28N6/c1-14(2)23(4)17-6-5-15(11-21-17)13-24-10-7-19-12-16(24)18-20-8-9-22(18)3/h5-6,8-9,11,14,16,19H,7,10,12-13H2,1-4H3. The normalized spacial score (nSPS) is 19.0. The molecule has 0 aromatic carbocycles. The number of nitrogens with one attached hydrogen (secondary N) is 1. The highest BCUT2D eigenvalue weighted by Gasteiger charge is 2.26. The largest absolute Gasteiger partial charge is 0.357 e. The fourth-order valence-corrected chi connectivity index (χ4v) is 3.11. The predicted octanol–water partition coefficient (Wildman–Crippen LogP) is 1.81. The summed E-state index contributed by atoms with van der Waals surface area (Å²) in [6.07, 6.45) is 5.90. The molecule has 6 heteroatoms. The lowest BCUT2D eigenvalue weighted by atomic mass is 10.1. The van der Waals surface area contributed by atoms with Crippen LogP contribution in [0.5, 0.6) is 0 Å². The summed E-state index contributed by atoms with van der Waals surface area (Å²) in [6, 6.07) is 5.06. The number of anilines is 1. The Morgan fingerprint density at radius 1 is 1.33 bits per heavy atom. The van der Waals surface area contributed by atoms with Gasteiger partial charge < -0.3 is 14.8 Å². The van der Waals surface area contributed by atoms with Gasteiger partial charge in [-0.3, -0.25) is 4.90 Å². The van der Waals surface area contributed by atoms with Crippen molar-refractivity contribution in [2.45, 2.75) is 32.5 Å². The van der Waals surface area contributed by atoms with Crippen LogP contribution >= 0.6 is 0 Å². The quantitative estimate of drug-likeness (QED) is 0.907. The fraction of sp³-hybridized carbons (Fsp3) is 0.556. The first-order valence-corrected chi connectivity index (χ1v) is 8.66. The molecule has 0 aliphatic carbocycles. The molecular weight excluding hydrogens is 300 g/mol. The van der Waals surface area contributed by atoms with Crippen LogP contribution in [0.1, 0.15) is 31.3 Å².